The van der Waals surface area contributed by atoms with Crippen LogP contribution in [0.1, 0.15) is 5.56 Å². The van der Waals surface area contributed by atoms with Crippen LogP contribution in [0.25, 0.3) is 0 Å². The van der Waals surface area contributed by atoms with E-state index in [0.29, 0.717) is 22.8 Å². The van der Waals surface area contributed by atoms with E-state index in [2.05, 4.69) is 5.32 Å². The molecule has 1 aliphatic rings. The van der Waals surface area contributed by atoms with Crippen LogP contribution >= 0.6 is 11.8 Å². The molecule has 3 aromatic carbocycles. The summed E-state index contributed by atoms with van der Waals surface area (Å²) in [5, 5.41) is 12.5. The minimum atomic E-state index is -0.551. The van der Waals surface area contributed by atoms with Crippen LogP contribution < -0.4 is 15.0 Å². The fourth-order valence-electron chi connectivity index (χ4n) is 3.49. The minimum Gasteiger partial charge on any atom is -0.497 e. The molecule has 6 nitrogen and oxygen atoms in total. The van der Waals surface area contributed by atoms with Gasteiger partial charge in [-0.1, -0.05) is 60.3 Å². The summed E-state index contributed by atoms with van der Waals surface area (Å²) in [6.45, 7) is 0. The van der Waals surface area contributed by atoms with Crippen LogP contribution in [0.2, 0.25) is 0 Å². The molecule has 1 fully saturated rings. The lowest BCUT2D eigenvalue weighted by atomic mass is 10.1. The van der Waals surface area contributed by atoms with Gasteiger partial charge < -0.3 is 10.1 Å². The van der Waals surface area contributed by atoms with Crippen LogP contribution in [0.15, 0.2) is 95.5 Å². The molecule has 0 aromatic heterocycles. The average Bonchev–Trinajstić information content (AvgIpc) is 3.16. The molecule has 0 bridgehead atoms. The van der Waals surface area contributed by atoms with Crippen molar-refractivity contribution in [1.82, 2.24) is 0 Å². The van der Waals surface area contributed by atoms with E-state index in [1.807, 2.05) is 54.6 Å². The molecule has 1 aliphatic heterocycles. The zero-order valence-corrected chi connectivity index (χ0v) is 18.7. The molecule has 4 rings (SSSR count). The van der Waals surface area contributed by atoms with Crippen LogP contribution in [0, 0.1) is 11.3 Å². The molecule has 164 valence electrons. The number of para-hydroxylation sites is 2. The van der Waals surface area contributed by atoms with Crippen molar-refractivity contribution in [3.05, 3.63) is 101 Å². The number of methoxy groups -OCH3 is 1. The van der Waals surface area contributed by atoms with E-state index < -0.39 is 11.2 Å². The maximum atomic E-state index is 13.5. The third-order valence-electron chi connectivity index (χ3n) is 5.13. The first kappa shape index (κ1) is 22.2. The average molecular weight is 456 g/mol. The Morgan fingerprint density at radius 3 is 2.27 bits per heavy atom. The molecule has 33 heavy (non-hydrogen) atoms. The van der Waals surface area contributed by atoms with Crippen LogP contribution in [0.3, 0.4) is 0 Å². The van der Waals surface area contributed by atoms with Crippen molar-refractivity contribution in [2.75, 3.05) is 17.3 Å². The van der Waals surface area contributed by atoms with E-state index in [1.54, 1.807) is 43.5 Å². The number of hydrogen-bond acceptors (Lipinski definition) is 5. The monoisotopic (exact) mass is 455 g/mol. The Labute approximate surface area is 196 Å². The lowest BCUT2D eigenvalue weighted by Crippen LogP contribution is -2.30. The highest BCUT2D eigenvalue weighted by Crippen LogP contribution is 2.42. The van der Waals surface area contributed by atoms with E-state index in [-0.39, 0.29) is 11.5 Å². The Morgan fingerprint density at radius 1 is 1.03 bits per heavy atom. The lowest BCUT2D eigenvalue weighted by molar-refractivity contribution is -0.117. The molecule has 0 radical (unpaired) electrons. The summed E-state index contributed by atoms with van der Waals surface area (Å²) >= 11 is 1.24. The summed E-state index contributed by atoms with van der Waals surface area (Å²) in [6.07, 6.45) is 0.458. The van der Waals surface area contributed by atoms with Gasteiger partial charge in [-0.05, 0) is 48.4 Å². The number of carbonyl (C=O) groups excluding carboxylic acids is 2. The molecule has 0 saturated carbocycles. The number of hydrogen-bond donors (Lipinski definition) is 1. The van der Waals surface area contributed by atoms with Gasteiger partial charge in [0.05, 0.1) is 12.4 Å². The number of thioether (sulfide) groups is 1. The second kappa shape index (κ2) is 10.1. The van der Waals surface area contributed by atoms with Crippen LogP contribution in [0.5, 0.6) is 5.75 Å². The van der Waals surface area contributed by atoms with Gasteiger partial charge in [0.15, 0.2) is 0 Å². The first-order chi connectivity index (χ1) is 16.1. The number of nitrogens with zero attached hydrogens (tertiary/aromatic N) is 2. The number of carbonyl (C=O) groups is 2. The zero-order chi connectivity index (χ0) is 23.2. The van der Waals surface area contributed by atoms with Crippen LogP contribution in [-0.4, -0.2) is 24.2 Å². The number of benzene rings is 3. The third kappa shape index (κ3) is 4.92. The van der Waals surface area contributed by atoms with Gasteiger partial charge in [0.25, 0.3) is 5.91 Å². The van der Waals surface area contributed by atoms with E-state index in [9.17, 15) is 14.9 Å². The molecule has 0 aliphatic carbocycles. The Hall–Kier alpha value is -4.02. The number of nitriles is 1. The number of rotatable bonds is 6. The van der Waals surface area contributed by atoms with Gasteiger partial charge in [0.1, 0.15) is 22.4 Å². The number of anilines is 2. The second-order valence-corrected chi connectivity index (χ2v) is 8.47. The highest BCUT2D eigenvalue weighted by Gasteiger charge is 2.40. The van der Waals surface area contributed by atoms with E-state index in [4.69, 9.17) is 4.74 Å². The van der Waals surface area contributed by atoms with Gasteiger partial charge in [-0.2, -0.15) is 5.26 Å². The highest BCUT2D eigenvalue weighted by molar-refractivity contribution is 8.05. The Morgan fingerprint density at radius 2 is 1.67 bits per heavy atom. The first-order valence-electron chi connectivity index (χ1n) is 10.3. The Balaban J connectivity index is 1.69. The van der Waals surface area contributed by atoms with Crippen molar-refractivity contribution in [2.24, 2.45) is 0 Å². The zero-order valence-electron chi connectivity index (χ0n) is 17.9. The van der Waals surface area contributed by atoms with E-state index in [1.165, 1.54) is 16.7 Å². The summed E-state index contributed by atoms with van der Waals surface area (Å²) in [4.78, 5) is 27.9. The fraction of sp³-hybridized carbons (Fsp3) is 0.115. The summed E-state index contributed by atoms with van der Waals surface area (Å²) in [5.74, 6) is 0.0160. The minimum absolute atomic E-state index is 0.0988. The lowest BCUT2D eigenvalue weighted by Gasteiger charge is -2.18. The summed E-state index contributed by atoms with van der Waals surface area (Å²) in [7, 11) is 1.60. The summed E-state index contributed by atoms with van der Waals surface area (Å²) in [5.41, 5.74) is 2.05. The van der Waals surface area contributed by atoms with Crippen molar-refractivity contribution in [1.29, 1.82) is 5.26 Å². The maximum Gasteiger partial charge on any atom is 0.269 e. The number of amides is 2. The van der Waals surface area contributed by atoms with Crippen molar-refractivity contribution in [2.45, 2.75) is 11.7 Å². The van der Waals surface area contributed by atoms with Crippen molar-refractivity contribution in [3.63, 3.8) is 0 Å². The summed E-state index contributed by atoms with van der Waals surface area (Å²) < 4.78 is 5.21. The SMILES string of the molecule is COc1ccc(CC2SC(=C(C#N)C(=O)Nc3ccccc3)N(c3ccccc3)C2=O)cc1. The van der Waals surface area contributed by atoms with Gasteiger partial charge in [-0.3, -0.25) is 14.5 Å². The van der Waals surface area contributed by atoms with Gasteiger partial charge in [-0.15, -0.1) is 0 Å². The quantitative estimate of drug-likeness (QED) is 0.428. The predicted molar refractivity (Wildman–Crippen MR) is 130 cm³/mol. The van der Waals surface area contributed by atoms with E-state index >= 15 is 0 Å². The smallest absolute Gasteiger partial charge is 0.269 e. The Bertz CT molecular complexity index is 1220. The fourth-order valence-corrected chi connectivity index (χ4v) is 4.80. The molecular formula is C26H21N3O3S. The Kier molecular flexibility index (Phi) is 6.77. The van der Waals surface area contributed by atoms with E-state index in [0.717, 1.165) is 11.3 Å². The molecule has 2 amide bonds. The standard InChI is InChI=1S/C26H21N3O3S/c1-32-21-14-12-18(13-15-21)16-23-25(31)29(20-10-6-3-7-11-20)26(33-23)22(17-27)24(30)28-19-8-4-2-5-9-19/h2-15,23H,16H2,1H3,(H,28,30). The first-order valence-corrected chi connectivity index (χ1v) is 11.2. The topological polar surface area (TPSA) is 82.4 Å². The van der Waals surface area contributed by atoms with Crippen molar-refractivity contribution in [3.8, 4) is 11.8 Å². The molecule has 1 saturated heterocycles. The van der Waals surface area contributed by atoms with Crippen molar-refractivity contribution < 1.29 is 14.3 Å². The molecule has 1 N–H and O–H groups in total. The second-order valence-electron chi connectivity index (χ2n) is 7.28. The molecule has 1 unspecified atom stereocenters. The largest absolute Gasteiger partial charge is 0.497 e. The highest BCUT2D eigenvalue weighted by atomic mass is 32.2. The number of nitrogens with one attached hydrogen (secondary N) is 1. The van der Waals surface area contributed by atoms with Crippen LogP contribution in [0.4, 0.5) is 11.4 Å². The molecule has 1 atom stereocenters. The molecule has 1 heterocycles. The van der Waals surface area contributed by atoms with Crippen LogP contribution in [-0.2, 0) is 16.0 Å². The van der Waals surface area contributed by atoms with Gasteiger partial charge >= 0.3 is 0 Å². The normalized spacial score (nSPS) is 16.8. The third-order valence-corrected chi connectivity index (χ3v) is 6.39. The van der Waals surface area contributed by atoms with Gasteiger partial charge in [-0.25, -0.2) is 0 Å². The molecule has 7 heteroatoms. The number of ether oxygens (including phenoxy) is 1. The summed E-state index contributed by atoms with van der Waals surface area (Å²) in [6, 6.07) is 27.5. The maximum absolute atomic E-state index is 13.5. The molecule has 3 aromatic rings. The van der Waals surface area contributed by atoms with Gasteiger partial charge in [0.2, 0.25) is 5.91 Å². The van der Waals surface area contributed by atoms with Gasteiger partial charge in [0, 0.05) is 11.4 Å². The molecule has 0 spiro atoms. The van der Waals surface area contributed by atoms with Crippen molar-refractivity contribution >= 4 is 35.0 Å². The molecular weight excluding hydrogens is 434 g/mol. The predicted octanol–water partition coefficient (Wildman–Crippen LogP) is 4.76.